The predicted octanol–water partition coefficient (Wildman–Crippen LogP) is 3.34. The Morgan fingerprint density at radius 1 is 1.16 bits per heavy atom. The number of alkyl halides is 1. The summed E-state index contributed by atoms with van der Waals surface area (Å²) < 4.78 is 27.4. The van der Waals surface area contributed by atoms with Gasteiger partial charge in [0.1, 0.15) is 17.2 Å². The fourth-order valence-electron chi connectivity index (χ4n) is 3.27. The maximum Gasteiger partial charge on any atom is 0.260 e. The molecule has 0 aromatic heterocycles. The monoisotopic (exact) mass is 285 g/mol. The van der Waals surface area contributed by atoms with E-state index in [4.69, 9.17) is 11.6 Å². The van der Waals surface area contributed by atoms with Gasteiger partial charge in [-0.3, -0.25) is 4.79 Å². The first-order valence-electron chi connectivity index (χ1n) is 6.48. The van der Waals surface area contributed by atoms with Crippen LogP contribution in [-0.4, -0.2) is 28.3 Å². The third-order valence-electron chi connectivity index (χ3n) is 4.09. The average Bonchev–Trinajstić information content (AvgIpc) is 2.61. The summed E-state index contributed by atoms with van der Waals surface area (Å²) >= 11 is 6.14. The molecular weight excluding hydrogens is 272 g/mol. The first-order chi connectivity index (χ1) is 9.08. The molecule has 3 rings (SSSR count). The molecule has 19 heavy (non-hydrogen) atoms. The Labute approximate surface area is 115 Å². The van der Waals surface area contributed by atoms with Gasteiger partial charge in [0.05, 0.1) is 0 Å². The van der Waals surface area contributed by atoms with E-state index >= 15 is 0 Å². The smallest absolute Gasteiger partial charge is 0.260 e. The molecule has 2 fully saturated rings. The first-order valence-corrected chi connectivity index (χ1v) is 6.92. The normalized spacial score (nSPS) is 29.6. The molecule has 2 saturated heterocycles. The van der Waals surface area contributed by atoms with Crippen molar-refractivity contribution in [1.82, 2.24) is 4.90 Å². The van der Waals surface area contributed by atoms with Crippen molar-refractivity contribution in [3.05, 3.63) is 35.4 Å². The Balaban J connectivity index is 1.93. The summed E-state index contributed by atoms with van der Waals surface area (Å²) in [6.45, 7) is 0. The van der Waals surface area contributed by atoms with Crippen LogP contribution in [0.1, 0.15) is 36.0 Å². The minimum absolute atomic E-state index is 0.0211. The molecule has 1 aromatic rings. The number of halogens is 3. The van der Waals surface area contributed by atoms with Crippen LogP contribution >= 0.6 is 11.6 Å². The van der Waals surface area contributed by atoms with Crippen LogP contribution in [-0.2, 0) is 0 Å². The maximum atomic E-state index is 13.7. The van der Waals surface area contributed by atoms with Crippen molar-refractivity contribution in [1.29, 1.82) is 0 Å². The van der Waals surface area contributed by atoms with E-state index in [1.807, 2.05) is 0 Å². The molecule has 2 unspecified atom stereocenters. The van der Waals surface area contributed by atoms with Gasteiger partial charge in [0.2, 0.25) is 0 Å². The second-order valence-electron chi connectivity index (χ2n) is 5.26. The Morgan fingerprint density at radius 3 is 2.21 bits per heavy atom. The van der Waals surface area contributed by atoms with Crippen LogP contribution in [0.2, 0.25) is 0 Å². The van der Waals surface area contributed by atoms with Crippen molar-refractivity contribution in [3.63, 3.8) is 0 Å². The van der Waals surface area contributed by atoms with E-state index < -0.39 is 23.1 Å². The van der Waals surface area contributed by atoms with Crippen molar-refractivity contribution in [2.45, 2.75) is 43.1 Å². The highest BCUT2D eigenvalue weighted by Gasteiger charge is 2.43. The zero-order valence-electron chi connectivity index (χ0n) is 10.3. The Hall–Kier alpha value is -1.16. The van der Waals surface area contributed by atoms with Crippen molar-refractivity contribution in [3.8, 4) is 0 Å². The molecule has 0 aliphatic carbocycles. The number of nitrogens with zero attached hydrogens (tertiary/aromatic N) is 1. The summed E-state index contributed by atoms with van der Waals surface area (Å²) in [7, 11) is 0. The molecule has 2 aliphatic heterocycles. The number of benzene rings is 1. The van der Waals surface area contributed by atoms with Crippen LogP contribution in [0.15, 0.2) is 18.2 Å². The summed E-state index contributed by atoms with van der Waals surface area (Å²) in [5.74, 6) is -2.12. The highest BCUT2D eigenvalue weighted by Crippen LogP contribution is 2.39. The Kier molecular flexibility index (Phi) is 3.21. The number of hydrogen-bond acceptors (Lipinski definition) is 1. The summed E-state index contributed by atoms with van der Waals surface area (Å²) in [5.41, 5.74) is -0.438. The number of carbonyl (C=O) groups excluding carboxylic acids is 1. The Bertz CT molecular complexity index is 488. The van der Waals surface area contributed by atoms with Gasteiger partial charge in [-0.25, -0.2) is 8.78 Å². The zero-order valence-corrected chi connectivity index (χ0v) is 11.0. The van der Waals surface area contributed by atoms with E-state index in [1.54, 1.807) is 4.90 Å². The lowest BCUT2D eigenvalue weighted by molar-refractivity contribution is 0.0589. The lowest BCUT2D eigenvalue weighted by atomic mass is 10.0. The van der Waals surface area contributed by atoms with E-state index in [0.717, 1.165) is 25.0 Å². The number of hydrogen-bond donors (Lipinski definition) is 0. The van der Waals surface area contributed by atoms with Gasteiger partial charge in [0, 0.05) is 17.5 Å². The van der Waals surface area contributed by atoms with Crippen molar-refractivity contribution >= 4 is 17.5 Å². The molecular formula is C14H14ClF2NO. The van der Waals surface area contributed by atoms with E-state index in [9.17, 15) is 13.6 Å². The first kappa shape index (κ1) is 12.9. The minimum atomic E-state index is -0.794. The number of piperidine rings is 1. The van der Waals surface area contributed by atoms with Gasteiger partial charge < -0.3 is 4.90 Å². The molecule has 0 N–H and O–H groups in total. The second kappa shape index (κ2) is 4.75. The zero-order chi connectivity index (χ0) is 13.6. The number of carbonyl (C=O) groups is 1. The minimum Gasteiger partial charge on any atom is -0.332 e. The van der Waals surface area contributed by atoms with E-state index in [2.05, 4.69) is 0 Å². The number of rotatable bonds is 1. The summed E-state index contributed by atoms with van der Waals surface area (Å²) in [5, 5.41) is 0.0621. The SMILES string of the molecule is O=C(c1c(F)cccc1F)N1C2CCC1CC(Cl)C2. The van der Waals surface area contributed by atoms with Gasteiger partial charge in [0.25, 0.3) is 5.91 Å². The molecule has 5 heteroatoms. The molecule has 2 aliphatic rings. The molecule has 0 radical (unpaired) electrons. The lowest BCUT2D eigenvalue weighted by Gasteiger charge is -2.37. The van der Waals surface area contributed by atoms with Crippen LogP contribution in [0.3, 0.4) is 0 Å². The van der Waals surface area contributed by atoms with Crippen LogP contribution in [0.25, 0.3) is 0 Å². The molecule has 2 atom stereocenters. The standard InChI is InChI=1S/C14H14ClF2NO/c15-8-6-9-4-5-10(7-8)18(9)14(19)13-11(16)2-1-3-12(13)17/h1-3,8-10H,4-7H2. The second-order valence-corrected chi connectivity index (χ2v) is 5.88. The topological polar surface area (TPSA) is 20.3 Å². The van der Waals surface area contributed by atoms with Crippen LogP contribution in [0, 0.1) is 11.6 Å². The highest BCUT2D eigenvalue weighted by molar-refractivity contribution is 6.20. The molecule has 0 saturated carbocycles. The van der Waals surface area contributed by atoms with Crippen molar-refractivity contribution in [2.75, 3.05) is 0 Å². The van der Waals surface area contributed by atoms with Crippen LogP contribution in [0.4, 0.5) is 8.78 Å². The maximum absolute atomic E-state index is 13.7. The molecule has 1 aromatic carbocycles. The molecule has 2 bridgehead atoms. The fraction of sp³-hybridized carbons (Fsp3) is 0.500. The van der Waals surface area contributed by atoms with Crippen LogP contribution < -0.4 is 0 Å². The highest BCUT2D eigenvalue weighted by atomic mass is 35.5. The van der Waals surface area contributed by atoms with Crippen molar-refractivity contribution in [2.24, 2.45) is 0 Å². The van der Waals surface area contributed by atoms with Crippen LogP contribution in [0.5, 0.6) is 0 Å². The fourth-order valence-corrected chi connectivity index (χ4v) is 3.68. The third-order valence-corrected chi connectivity index (χ3v) is 4.44. The molecule has 102 valence electrons. The van der Waals surface area contributed by atoms with E-state index in [-0.39, 0.29) is 17.5 Å². The lowest BCUT2D eigenvalue weighted by Crippen LogP contribution is -2.47. The molecule has 1 amide bonds. The predicted molar refractivity (Wildman–Crippen MR) is 68.2 cm³/mol. The van der Waals surface area contributed by atoms with Gasteiger partial charge in [-0.05, 0) is 37.8 Å². The number of amides is 1. The van der Waals surface area contributed by atoms with Gasteiger partial charge in [0.15, 0.2) is 0 Å². The van der Waals surface area contributed by atoms with Gasteiger partial charge >= 0.3 is 0 Å². The van der Waals surface area contributed by atoms with E-state index in [0.29, 0.717) is 12.8 Å². The van der Waals surface area contributed by atoms with Gasteiger partial charge in [-0.1, -0.05) is 6.07 Å². The number of fused-ring (bicyclic) bond motifs is 2. The third kappa shape index (κ3) is 2.12. The molecule has 0 spiro atoms. The Morgan fingerprint density at radius 2 is 1.68 bits per heavy atom. The summed E-state index contributed by atoms with van der Waals surface area (Å²) in [6, 6.07) is 3.54. The summed E-state index contributed by atoms with van der Waals surface area (Å²) in [6.07, 6.45) is 3.16. The quantitative estimate of drug-likeness (QED) is 0.725. The molecule has 2 heterocycles. The van der Waals surface area contributed by atoms with Crippen molar-refractivity contribution < 1.29 is 13.6 Å². The summed E-state index contributed by atoms with van der Waals surface area (Å²) in [4.78, 5) is 14.1. The molecule has 2 nitrogen and oxygen atoms in total. The van der Waals surface area contributed by atoms with Gasteiger partial charge in [-0.2, -0.15) is 0 Å². The van der Waals surface area contributed by atoms with E-state index in [1.165, 1.54) is 6.07 Å². The van der Waals surface area contributed by atoms with Gasteiger partial charge in [-0.15, -0.1) is 11.6 Å². The average molecular weight is 286 g/mol. The largest absolute Gasteiger partial charge is 0.332 e.